The van der Waals surface area contributed by atoms with Crippen LogP contribution in [0.3, 0.4) is 0 Å². The van der Waals surface area contributed by atoms with E-state index in [1.165, 1.54) is 23.3 Å². The van der Waals surface area contributed by atoms with Gasteiger partial charge in [0.25, 0.3) is 0 Å². The van der Waals surface area contributed by atoms with Crippen LogP contribution >= 0.6 is 11.3 Å². The van der Waals surface area contributed by atoms with Crippen molar-refractivity contribution in [1.29, 1.82) is 0 Å². The van der Waals surface area contributed by atoms with E-state index in [0.29, 0.717) is 16.8 Å². The van der Waals surface area contributed by atoms with Crippen LogP contribution in [-0.2, 0) is 20.7 Å². The predicted molar refractivity (Wildman–Crippen MR) is 138 cm³/mol. The van der Waals surface area contributed by atoms with Crippen molar-refractivity contribution in [3.8, 4) is 0 Å². The van der Waals surface area contributed by atoms with Crippen LogP contribution in [0.1, 0.15) is 58.1 Å². The first-order chi connectivity index (χ1) is 17.0. The second-order valence-corrected chi connectivity index (χ2v) is 9.90. The van der Waals surface area contributed by atoms with E-state index in [4.69, 9.17) is 4.74 Å². The molecule has 1 fully saturated rings. The van der Waals surface area contributed by atoms with Gasteiger partial charge in [0.1, 0.15) is 6.04 Å². The lowest BCUT2D eigenvalue weighted by Gasteiger charge is -2.32. The number of nitrogens with zero attached hydrogens (tertiary/aromatic N) is 1. The first-order valence-corrected chi connectivity index (χ1v) is 12.7. The number of nitrogens with one attached hydrogen (secondary N) is 1. The fourth-order valence-corrected chi connectivity index (χ4v) is 5.20. The van der Waals surface area contributed by atoms with E-state index in [0.717, 1.165) is 36.1 Å². The lowest BCUT2D eigenvalue weighted by atomic mass is 10.00. The Labute approximate surface area is 209 Å². The summed E-state index contributed by atoms with van der Waals surface area (Å²) in [4.78, 5) is 42.3. The van der Waals surface area contributed by atoms with Crippen molar-refractivity contribution in [2.24, 2.45) is 0 Å². The summed E-state index contributed by atoms with van der Waals surface area (Å²) >= 11 is 1.50. The molecule has 1 aromatic heterocycles. The average molecular weight is 491 g/mol. The normalized spacial score (nSPS) is 14.3. The SMILES string of the molecule is COC(=O)c1cccc(N(C(=O)Cc2cccs2)[C@H](C(=O)NC2CCCC2)c2ccc(C)cc2)c1. The molecule has 2 aromatic carbocycles. The summed E-state index contributed by atoms with van der Waals surface area (Å²) in [7, 11) is 1.32. The van der Waals surface area contributed by atoms with Gasteiger partial charge in [-0.05, 0) is 55.0 Å². The summed E-state index contributed by atoms with van der Waals surface area (Å²) in [5.41, 5.74) is 2.57. The highest BCUT2D eigenvalue weighted by molar-refractivity contribution is 7.10. The van der Waals surface area contributed by atoms with Gasteiger partial charge in [0.15, 0.2) is 0 Å². The topological polar surface area (TPSA) is 75.7 Å². The van der Waals surface area contributed by atoms with Gasteiger partial charge in [0.05, 0.1) is 19.1 Å². The first-order valence-electron chi connectivity index (χ1n) is 11.9. The van der Waals surface area contributed by atoms with E-state index in [1.54, 1.807) is 24.3 Å². The van der Waals surface area contributed by atoms with Crippen molar-refractivity contribution in [2.75, 3.05) is 12.0 Å². The number of ether oxygens (including phenoxy) is 1. The number of hydrogen-bond acceptors (Lipinski definition) is 5. The van der Waals surface area contributed by atoms with E-state index in [1.807, 2.05) is 48.7 Å². The number of rotatable bonds is 8. The van der Waals surface area contributed by atoms with Crippen LogP contribution in [0.2, 0.25) is 0 Å². The molecule has 1 aliphatic carbocycles. The van der Waals surface area contributed by atoms with Crippen LogP contribution in [-0.4, -0.2) is 30.9 Å². The summed E-state index contributed by atoms with van der Waals surface area (Å²) in [6.45, 7) is 1.98. The van der Waals surface area contributed by atoms with Crippen molar-refractivity contribution >= 4 is 34.8 Å². The first kappa shape index (κ1) is 24.7. The van der Waals surface area contributed by atoms with Crippen molar-refractivity contribution in [1.82, 2.24) is 5.32 Å². The van der Waals surface area contributed by atoms with Gasteiger partial charge in [-0.2, -0.15) is 0 Å². The Morgan fingerprint density at radius 1 is 1.06 bits per heavy atom. The van der Waals surface area contributed by atoms with Crippen LogP contribution in [0, 0.1) is 6.92 Å². The van der Waals surface area contributed by atoms with Crippen molar-refractivity contribution < 1.29 is 19.1 Å². The average Bonchev–Trinajstić information content (AvgIpc) is 3.57. The Bertz CT molecular complexity index is 1170. The summed E-state index contributed by atoms with van der Waals surface area (Å²) < 4.78 is 4.89. The number of amides is 2. The molecule has 1 atom stereocenters. The summed E-state index contributed by atoms with van der Waals surface area (Å²) in [5, 5.41) is 5.11. The minimum Gasteiger partial charge on any atom is -0.465 e. The number of hydrogen-bond donors (Lipinski definition) is 1. The molecular formula is C28H30N2O4S. The van der Waals surface area contributed by atoms with Crippen molar-refractivity contribution in [3.63, 3.8) is 0 Å². The Kier molecular flexibility index (Phi) is 7.98. The number of carbonyl (C=O) groups is 3. The number of esters is 1. The summed E-state index contributed by atoms with van der Waals surface area (Å²) in [6, 6.07) is 17.4. The molecule has 2 amide bonds. The molecule has 0 unspecified atom stereocenters. The molecule has 35 heavy (non-hydrogen) atoms. The summed E-state index contributed by atoms with van der Waals surface area (Å²) in [6.07, 6.45) is 4.20. The van der Waals surface area contributed by atoms with Gasteiger partial charge < -0.3 is 10.1 Å². The number of carbonyl (C=O) groups excluding carboxylic acids is 3. The van der Waals surface area contributed by atoms with Gasteiger partial charge in [0.2, 0.25) is 11.8 Å². The Morgan fingerprint density at radius 2 is 1.80 bits per heavy atom. The van der Waals surface area contributed by atoms with Gasteiger partial charge >= 0.3 is 5.97 Å². The molecule has 0 bridgehead atoms. The second-order valence-electron chi connectivity index (χ2n) is 8.86. The Hall–Kier alpha value is -3.45. The van der Waals surface area contributed by atoms with Crippen molar-refractivity contribution in [2.45, 2.75) is 51.1 Å². The zero-order chi connectivity index (χ0) is 24.8. The smallest absolute Gasteiger partial charge is 0.337 e. The van der Waals surface area contributed by atoms with Crippen LogP contribution < -0.4 is 10.2 Å². The molecule has 0 radical (unpaired) electrons. The molecule has 182 valence electrons. The lowest BCUT2D eigenvalue weighted by molar-refractivity contribution is -0.127. The largest absolute Gasteiger partial charge is 0.465 e. The minimum absolute atomic E-state index is 0.103. The fourth-order valence-electron chi connectivity index (χ4n) is 4.50. The fraction of sp³-hybridized carbons (Fsp3) is 0.321. The molecule has 7 heteroatoms. The Balaban J connectivity index is 1.79. The lowest BCUT2D eigenvalue weighted by Crippen LogP contribution is -2.47. The summed E-state index contributed by atoms with van der Waals surface area (Å²) in [5.74, 6) is -0.940. The zero-order valence-corrected chi connectivity index (χ0v) is 20.8. The standard InChI is InChI=1S/C28H30N2O4S/c1-19-12-14-20(15-13-19)26(27(32)29-22-8-3-4-9-22)30(25(31)18-24-11-6-16-35-24)23-10-5-7-21(17-23)28(33)34-2/h5-7,10-17,22,26H,3-4,8-9,18H2,1-2H3,(H,29,32)/t26-/m0/s1. The van der Waals surface area contributed by atoms with Gasteiger partial charge in [-0.25, -0.2) is 4.79 Å². The number of benzene rings is 2. The molecule has 6 nitrogen and oxygen atoms in total. The number of aryl methyl sites for hydroxylation is 1. The third-order valence-electron chi connectivity index (χ3n) is 6.32. The molecule has 1 heterocycles. The molecular weight excluding hydrogens is 460 g/mol. The third kappa shape index (κ3) is 5.98. The molecule has 3 aromatic rings. The highest BCUT2D eigenvalue weighted by Crippen LogP contribution is 2.31. The van der Waals surface area contributed by atoms with E-state index < -0.39 is 12.0 Å². The minimum atomic E-state index is -0.878. The van der Waals surface area contributed by atoms with Gasteiger partial charge in [0, 0.05) is 16.6 Å². The highest BCUT2D eigenvalue weighted by atomic mass is 32.1. The molecule has 1 N–H and O–H groups in total. The molecule has 0 spiro atoms. The number of thiophene rings is 1. The van der Waals surface area contributed by atoms with Crippen LogP contribution in [0.5, 0.6) is 0 Å². The predicted octanol–water partition coefficient (Wildman–Crippen LogP) is 5.22. The van der Waals surface area contributed by atoms with Crippen molar-refractivity contribution in [3.05, 3.63) is 87.6 Å². The molecule has 0 saturated heterocycles. The maximum Gasteiger partial charge on any atom is 0.337 e. The van der Waals surface area contributed by atoms with E-state index >= 15 is 0 Å². The highest BCUT2D eigenvalue weighted by Gasteiger charge is 2.34. The number of methoxy groups -OCH3 is 1. The maximum absolute atomic E-state index is 13.8. The van der Waals surface area contributed by atoms with Crippen LogP contribution in [0.25, 0.3) is 0 Å². The number of anilines is 1. The molecule has 0 aliphatic heterocycles. The molecule has 1 saturated carbocycles. The second kappa shape index (κ2) is 11.3. The van der Waals surface area contributed by atoms with Gasteiger partial charge in [-0.1, -0.05) is 54.8 Å². The quantitative estimate of drug-likeness (QED) is 0.440. The van der Waals surface area contributed by atoms with Crippen LogP contribution in [0.15, 0.2) is 66.0 Å². The van der Waals surface area contributed by atoms with E-state index in [9.17, 15) is 14.4 Å². The Morgan fingerprint density at radius 3 is 2.46 bits per heavy atom. The monoisotopic (exact) mass is 490 g/mol. The molecule has 1 aliphatic rings. The van der Waals surface area contributed by atoms with Gasteiger partial charge in [-0.3, -0.25) is 14.5 Å². The van der Waals surface area contributed by atoms with Gasteiger partial charge in [-0.15, -0.1) is 11.3 Å². The molecule has 4 rings (SSSR count). The van der Waals surface area contributed by atoms with E-state index in [-0.39, 0.29) is 24.3 Å². The maximum atomic E-state index is 13.8. The third-order valence-corrected chi connectivity index (χ3v) is 7.20. The van der Waals surface area contributed by atoms with E-state index in [2.05, 4.69) is 5.32 Å². The van der Waals surface area contributed by atoms with Crippen LogP contribution in [0.4, 0.5) is 5.69 Å². The zero-order valence-electron chi connectivity index (χ0n) is 20.0.